The Morgan fingerprint density at radius 2 is 2.00 bits per heavy atom. The molecule has 0 aliphatic heterocycles. The number of hydrogen-bond donors (Lipinski definition) is 1. The van der Waals surface area contributed by atoms with Gasteiger partial charge in [0, 0.05) is 11.1 Å². The van der Waals surface area contributed by atoms with Crippen molar-refractivity contribution in [1.29, 1.82) is 0 Å². The molecule has 0 amide bonds. The summed E-state index contributed by atoms with van der Waals surface area (Å²) in [5.74, 6) is 0.787. The molecule has 3 rings (SSSR count). The molecule has 3 unspecified atom stereocenters. The molecule has 0 radical (unpaired) electrons. The van der Waals surface area contributed by atoms with Gasteiger partial charge in [-0.1, -0.05) is 48.9 Å². The van der Waals surface area contributed by atoms with Crippen molar-refractivity contribution in [2.45, 2.75) is 25.3 Å². The van der Waals surface area contributed by atoms with Crippen LogP contribution in [-0.4, -0.2) is 6.54 Å². The predicted octanol–water partition coefficient (Wildman–Crippen LogP) is 4.93. The van der Waals surface area contributed by atoms with Crippen LogP contribution in [0.25, 0.3) is 0 Å². The van der Waals surface area contributed by atoms with E-state index in [0.29, 0.717) is 16.9 Å². The lowest BCUT2D eigenvalue weighted by atomic mass is 9.98. The molecule has 0 saturated heterocycles. The Balaban J connectivity index is 1.85. The average Bonchev–Trinajstić information content (AvgIpc) is 3.29. The molecule has 1 N–H and O–H groups in total. The molecule has 1 nitrogen and oxygen atoms in total. The van der Waals surface area contributed by atoms with E-state index in [4.69, 9.17) is 11.6 Å². The van der Waals surface area contributed by atoms with Gasteiger partial charge in [-0.3, -0.25) is 0 Å². The lowest BCUT2D eigenvalue weighted by Crippen LogP contribution is -2.23. The first kappa shape index (κ1) is 14.6. The zero-order valence-corrected chi connectivity index (χ0v) is 12.8. The Morgan fingerprint density at radius 3 is 2.71 bits per heavy atom. The average molecular weight is 304 g/mol. The van der Waals surface area contributed by atoms with E-state index in [9.17, 15) is 4.39 Å². The third kappa shape index (κ3) is 3.12. The molecule has 1 fully saturated rings. The van der Waals surface area contributed by atoms with Gasteiger partial charge in [-0.05, 0) is 54.1 Å². The van der Waals surface area contributed by atoms with Gasteiger partial charge < -0.3 is 5.32 Å². The van der Waals surface area contributed by atoms with Crippen molar-refractivity contribution < 1.29 is 4.39 Å². The summed E-state index contributed by atoms with van der Waals surface area (Å²) < 4.78 is 13.6. The topological polar surface area (TPSA) is 12.0 Å². The molecule has 2 aromatic carbocycles. The van der Waals surface area contributed by atoms with Crippen molar-refractivity contribution in [2.75, 3.05) is 6.54 Å². The molecule has 21 heavy (non-hydrogen) atoms. The van der Waals surface area contributed by atoms with Gasteiger partial charge in [-0.2, -0.15) is 0 Å². The highest BCUT2D eigenvalue weighted by Gasteiger charge is 2.44. The molecule has 2 aromatic rings. The van der Waals surface area contributed by atoms with E-state index in [1.54, 1.807) is 12.1 Å². The fraction of sp³-hybridized carbons (Fsp3) is 0.333. The van der Waals surface area contributed by atoms with E-state index in [1.165, 1.54) is 11.6 Å². The minimum atomic E-state index is -0.228. The molecule has 1 aliphatic rings. The first-order chi connectivity index (χ1) is 10.2. The van der Waals surface area contributed by atoms with Crippen LogP contribution < -0.4 is 5.32 Å². The molecule has 0 bridgehead atoms. The second-order valence-electron chi connectivity index (χ2n) is 5.62. The van der Waals surface area contributed by atoms with Crippen molar-refractivity contribution in [2.24, 2.45) is 5.92 Å². The van der Waals surface area contributed by atoms with E-state index in [0.717, 1.165) is 18.5 Å². The number of rotatable bonds is 5. The Hall–Kier alpha value is -1.38. The fourth-order valence-corrected chi connectivity index (χ4v) is 3.37. The van der Waals surface area contributed by atoms with Crippen LogP contribution in [0.5, 0.6) is 0 Å². The third-order valence-corrected chi connectivity index (χ3v) is 4.56. The van der Waals surface area contributed by atoms with E-state index >= 15 is 0 Å². The van der Waals surface area contributed by atoms with Crippen LogP contribution in [-0.2, 0) is 0 Å². The van der Waals surface area contributed by atoms with Gasteiger partial charge in [0.1, 0.15) is 5.82 Å². The summed E-state index contributed by atoms with van der Waals surface area (Å²) in [6, 6.07) is 15.3. The van der Waals surface area contributed by atoms with E-state index < -0.39 is 0 Å². The van der Waals surface area contributed by atoms with Gasteiger partial charge in [-0.25, -0.2) is 4.39 Å². The predicted molar refractivity (Wildman–Crippen MR) is 85.1 cm³/mol. The number of nitrogens with one attached hydrogen (secondary N) is 1. The van der Waals surface area contributed by atoms with Crippen LogP contribution in [0.1, 0.15) is 36.4 Å². The summed E-state index contributed by atoms with van der Waals surface area (Å²) >= 11 is 6.29. The lowest BCUT2D eigenvalue weighted by molar-refractivity contribution is 0.484. The van der Waals surface area contributed by atoms with Gasteiger partial charge >= 0.3 is 0 Å². The van der Waals surface area contributed by atoms with Crippen molar-refractivity contribution in [3.05, 3.63) is 70.5 Å². The van der Waals surface area contributed by atoms with Crippen LogP contribution in [0.3, 0.4) is 0 Å². The summed E-state index contributed by atoms with van der Waals surface area (Å²) in [6.45, 7) is 2.91. The standard InChI is InChI=1S/C18H19ClFN/c1-2-21-18(16-10-13(20)8-9-17(16)19)15-11-14(15)12-6-4-3-5-7-12/h3-10,14-15,18,21H,2,11H2,1H3. The van der Waals surface area contributed by atoms with Gasteiger partial charge in [0.2, 0.25) is 0 Å². The smallest absolute Gasteiger partial charge is 0.123 e. The number of hydrogen-bond acceptors (Lipinski definition) is 1. The largest absolute Gasteiger partial charge is 0.310 e. The monoisotopic (exact) mass is 303 g/mol. The van der Waals surface area contributed by atoms with Crippen LogP contribution >= 0.6 is 11.6 Å². The zero-order chi connectivity index (χ0) is 14.8. The summed E-state index contributed by atoms with van der Waals surface area (Å²) in [4.78, 5) is 0. The maximum absolute atomic E-state index is 13.6. The van der Waals surface area contributed by atoms with E-state index in [2.05, 4.69) is 36.5 Å². The first-order valence-electron chi connectivity index (χ1n) is 7.44. The molecule has 0 aromatic heterocycles. The van der Waals surface area contributed by atoms with E-state index in [-0.39, 0.29) is 11.9 Å². The summed E-state index contributed by atoms with van der Waals surface area (Å²) in [5, 5.41) is 4.12. The van der Waals surface area contributed by atoms with Crippen LogP contribution in [0, 0.1) is 11.7 Å². The Kier molecular flexibility index (Phi) is 4.27. The van der Waals surface area contributed by atoms with Crippen LogP contribution in [0.15, 0.2) is 48.5 Å². The summed E-state index contributed by atoms with van der Waals surface area (Å²) in [5.41, 5.74) is 2.24. The highest BCUT2D eigenvalue weighted by molar-refractivity contribution is 6.31. The fourth-order valence-electron chi connectivity index (χ4n) is 3.13. The maximum atomic E-state index is 13.6. The maximum Gasteiger partial charge on any atom is 0.123 e. The minimum absolute atomic E-state index is 0.114. The molecule has 110 valence electrons. The normalized spacial score (nSPS) is 22.0. The highest BCUT2D eigenvalue weighted by Crippen LogP contribution is 2.54. The highest BCUT2D eigenvalue weighted by atomic mass is 35.5. The molecule has 1 saturated carbocycles. The summed E-state index contributed by atoms with van der Waals surface area (Å²) in [6.07, 6.45) is 1.12. The Morgan fingerprint density at radius 1 is 1.24 bits per heavy atom. The molecule has 3 heteroatoms. The van der Waals surface area contributed by atoms with Crippen molar-refractivity contribution in [3.8, 4) is 0 Å². The first-order valence-corrected chi connectivity index (χ1v) is 7.81. The van der Waals surface area contributed by atoms with Gasteiger partial charge in [0.05, 0.1) is 0 Å². The molecular weight excluding hydrogens is 285 g/mol. The molecule has 3 atom stereocenters. The zero-order valence-electron chi connectivity index (χ0n) is 12.0. The Labute approximate surface area is 130 Å². The molecule has 0 spiro atoms. The van der Waals surface area contributed by atoms with Gasteiger partial charge in [0.25, 0.3) is 0 Å². The van der Waals surface area contributed by atoms with Crippen molar-refractivity contribution in [3.63, 3.8) is 0 Å². The SMILES string of the molecule is CCNC(c1cc(F)ccc1Cl)C1CC1c1ccccc1. The summed E-state index contributed by atoms with van der Waals surface area (Å²) in [7, 11) is 0. The Bertz CT molecular complexity index is 614. The quantitative estimate of drug-likeness (QED) is 0.825. The van der Waals surface area contributed by atoms with Gasteiger partial charge in [-0.15, -0.1) is 0 Å². The lowest BCUT2D eigenvalue weighted by Gasteiger charge is -2.20. The minimum Gasteiger partial charge on any atom is -0.310 e. The molecule has 1 aliphatic carbocycles. The van der Waals surface area contributed by atoms with Gasteiger partial charge in [0.15, 0.2) is 0 Å². The van der Waals surface area contributed by atoms with Crippen molar-refractivity contribution in [1.82, 2.24) is 5.32 Å². The number of benzene rings is 2. The molecule has 0 heterocycles. The molecular formula is C18H19ClFN. The third-order valence-electron chi connectivity index (χ3n) is 4.21. The second kappa shape index (κ2) is 6.17. The number of halogens is 2. The van der Waals surface area contributed by atoms with Crippen molar-refractivity contribution >= 4 is 11.6 Å². The van der Waals surface area contributed by atoms with Crippen LogP contribution in [0.4, 0.5) is 4.39 Å². The second-order valence-corrected chi connectivity index (χ2v) is 6.03. The van der Waals surface area contributed by atoms with E-state index in [1.807, 2.05) is 6.07 Å². The van der Waals surface area contributed by atoms with Crippen LogP contribution in [0.2, 0.25) is 5.02 Å².